The van der Waals surface area contributed by atoms with Crippen LogP contribution in [0.25, 0.3) is 0 Å². The fourth-order valence-corrected chi connectivity index (χ4v) is 2.23. The lowest BCUT2D eigenvalue weighted by atomic mass is 10.1. The molecule has 0 aromatic carbocycles. The molecule has 1 fully saturated rings. The summed E-state index contributed by atoms with van der Waals surface area (Å²) in [5, 5.41) is 19.6. The first-order valence-electron chi connectivity index (χ1n) is 4.34. The van der Waals surface area contributed by atoms with E-state index in [1.807, 2.05) is 13.8 Å². The summed E-state index contributed by atoms with van der Waals surface area (Å²) >= 11 is 1.58. The van der Waals surface area contributed by atoms with Crippen LogP contribution < -0.4 is 4.90 Å². The number of hydrogen-bond donors (Lipinski definition) is 1. The fourth-order valence-electron chi connectivity index (χ4n) is 1.52. The van der Waals surface area contributed by atoms with Crippen molar-refractivity contribution in [2.24, 2.45) is 0 Å². The third-order valence-corrected chi connectivity index (χ3v) is 3.14. The van der Waals surface area contributed by atoms with Crippen molar-refractivity contribution < 1.29 is 5.11 Å². The van der Waals surface area contributed by atoms with Crippen molar-refractivity contribution in [3.63, 3.8) is 0 Å². The zero-order valence-electron chi connectivity index (χ0n) is 7.82. The molecule has 2 rings (SSSR count). The van der Waals surface area contributed by atoms with E-state index in [2.05, 4.69) is 15.1 Å². The Morgan fingerprint density at radius 2 is 2.31 bits per heavy atom. The highest BCUT2D eigenvalue weighted by Crippen LogP contribution is 2.28. The van der Waals surface area contributed by atoms with Gasteiger partial charge in [0.05, 0.1) is 5.60 Å². The first-order valence-corrected chi connectivity index (χ1v) is 5.16. The number of nitrogens with zero attached hydrogens (tertiary/aromatic N) is 3. The molecule has 13 heavy (non-hydrogen) atoms. The minimum atomic E-state index is -0.556. The normalized spacial score (nSPS) is 28.4. The second-order valence-corrected chi connectivity index (χ2v) is 4.93. The fraction of sp³-hybridized carbons (Fsp3) is 0.750. The maximum atomic E-state index is 9.75. The molecule has 1 saturated heterocycles. The van der Waals surface area contributed by atoms with Crippen LogP contribution in [0.1, 0.15) is 18.4 Å². The summed E-state index contributed by atoms with van der Waals surface area (Å²) in [6.45, 7) is 5.35. The van der Waals surface area contributed by atoms with E-state index in [-0.39, 0.29) is 0 Å². The van der Waals surface area contributed by atoms with Crippen LogP contribution in [0.3, 0.4) is 0 Å². The smallest absolute Gasteiger partial charge is 0.208 e. The molecule has 1 unspecified atom stereocenters. The summed E-state index contributed by atoms with van der Waals surface area (Å²) in [4.78, 5) is 2.09. The van der Waals surface area contributed by atoms with Crippen molar-refractivity contribution in [1.82, 2.24) is 10.2 Å². The Morgan fingerprint density at radius 3 is 2.77 bits per heavy atom. The monoisotopic (exact) mass is 199 g/mol. The molecule has 0 saturated carbocycles. The van der Waals surface area contributed by atoms with E-state index in [1.54, 1.807) is 11.3 Å². The molecule has 1 N–H and O–H groups in total. The molecule has 1 aromatic rings. The predicted octanol–water partition coefficient (Wildman–Crippen LogP) is 0.808. The number of anilines is 1. The standard InChI is InChI=1S/C8H13N3OS/c1-6-9-10-7(13-6)11-4-3-8(2,12)5-11/h12H,3-5H2,1-2H3. The Balaban J connectivity index is 2.12. The molecule has 5 heteroatoms. The number of aryl methyl sites for hydroxylation is 1. The summed E-state index contributed by atoms with van der Waals surface area (Å²) in [5.74, 6) is 0. The number of aliphatic hydroxyl groups is 1. The molecule has 1 aliphatic heterocycles. The van der Waals surface area contributed by atoms with Crippen molar-refractivity contribution in [2.45, 2.75) is 25.9 Å². The number of rotatable bonds is 1. The molecule has 1 aliphatic rings. The molecule has 72 valence electrons. The highest BCUT2D eigenvalue weighted by Gasteiger charge is 2.32. The van der Waals surface area contributed by atoms with Gasteiger partial charge < -0.3 is 10.0 Å². The lowest BCUT2D eigenvalue weighted by molar-refractivity contribution is 0.0839. The van der Waals surface area contributed by atoms with E-state index in [0.717, 1.165) is 23.1 Å². The zero-order valence-corrected chi connectivity index (χ0v) is 8.63. The average Bonchev–Trinajstić information content (AvgIpc) is 2.56. The summed E-state index contributed by atoms with van der Waals surface area (Å²) in [6, 6.07) is 0. The third kappa shape index (κ3) is 1.81. The van der Waals surface area contributed by atoms with Gasteiger partial charge in [0.15, 0.2) is 0 Å². The Labute approximate surface area is 81.2 Å². The molecule has 1 atom stereocenters. The summed E-state index contributed by atoms with van der Waals surface area (Å²) in [5.41, 5.74) is -0.556. The van der Waals surface area contributed by atoms with Crippen LogP contribution in [0.4, 0.5) is 5.13 Å². The molecule has 0 radical (unpaired) electrons. The summed E-state index contributed by atoms with van der Waals surface area (Å²) in [6.07, 6.45) is 0.811. The van der Waals surface area contributed by atoms with Crippen LogP contribution in [0.2, 0.25) is 0 Å². The van der Waals surface area contributed by atoms with Gasteiger partial charge in [0.1, 0.15) is 5.01 Å². The third-order valence-electron chi connectivity index (χ3n) is 2.24. The van der Waals surface area contributed by atoms with Gasteiger partial charge in [-0.05, 0) is 20.3 Å². The van der Waals surface area contributed by atoms with Gasteiger partial charge in [0.25, 0.3) is 0 Å². The van der Waals surface area contributed by atoms with Crippen molar-refractivity contribution in [3.05, 3.63) is 5.01 Å². The van der Waals surface area contributed by atoms with Gasteiger partial charge in [-0.15, -0.1) is 10.2 Å². The molecule has 0 bridgehead atoms. The van der Waals surface area contributed by atoms with Crippen molar-refractivity contribution >= 4 is 16.5 Å². The van der Waals surface area contributed by atoms with E-state index in [9.17, 15) is 5.11 Å². The first kappa shape index (κ1) is 8.90. The van der Waals surface area contributed by atoms with Crippen LogP contribution in [-0.4, -0.2) is 34.0 Å². The molecule has 2 heterocycles. The predicted molar refractivity (Wildman–Crippen MR) is 52.1 cm³/mol. The van der Waals surface area contributed by atoms with Gasteiger partial charge >= 0.3 is 0 Å². The van der Waals surface area contributed by atoms with Crippen LogP contribution in [0.5, 0.6) is 0 Å². The molecule has 0 aliphatic carbocycles. The summed E-state index contributed by atoms with van der Waals surface area (Å²) < 4.78 is 0. The Hall–Kier alpha value is -0.680. The van der Waals surface area contributed by atoms with Gasteiger partial charge in [-0.25, -0.2) is 0 Å². The van der Waals surface area contributed by atoms with E-state index >= 15 is 0 Å². The SMILES string of the molecule is Cc1nnc(N2CCC(C)(O)C2)s1. The first-order chi connectivity index (χ1) is 6.07. The van der Waals surface area contributed by atoms with Gasteiger partial charge in [-0.1, -0.05) is 11.3 Å². The minimum Gasteiger partial charge on any atom is -0.388 e. The van der Waals surface area contributed by atoms with E-state index < -0.39 is 5.60 Å². The number of aromatic nitrogens is 2. The second kappa shape index (κ2) is 2.92. The Kier molecular flexibility index (Phi) is 2.00. The summed E-state index contributed by atoms with van der Waals surface area (Å²) in [7, 11) is 0. The van der Waals surface area contributed by atoms with E-state index in [4.69, 9.17) is 0 Å². The number of β-amino-alcohol motifs (C(OH)–C–C–N with tert-alkyl or cyclic N) is 1. The highest BCUT2D eigenvalue weighted by atomic mass is 32.1. The van der Waals surface area contributed by atoms with Gasteiger partial charge in [0.2, 0.25) is 5.13 Å². The molecular formula is C8H13N3OS. The van der Waals surface area contributed by atoms with Crippen molar-refractivity contribution in [3.8, 4) is 0 Å². The molecule has 0 spiro atoms. The van der Waals surface area contributed by atoms with E-state index in [0.29, 0.717) is 6.54 Å². The lowest BCUT2D eigenvalue weighted by Crippen LogP contribution is -2.29. The minimum absolute atomic E-state index is 0.556. The topological polar surface area (TPSA) is 49.2 Å². The average molecular weight is 199 g/mol. The highest BCUT2D eigenvalue weighted by molar-refractivity contribution is 7.15. The maximum absolute atomic E-state index is 9.75. The maximum Gasteiger partial charge on any atom is 0.208 e. The molecule has 4 nitrogen and oxygen atoms in total. The Morgan fingerprint density at radius 1 is 1.54 bits per heavy atom. The van der Waals surface area contributed by atoms with Gasteiger partial charge in [-0.3, -0.25) is 0 Å². The Bertz CT molecular complexity index is 310. The number of hydrogen-bond acceptors (Lipinski definition) is 5. The zero-order chi connectivity index (χ0) is 9.47. The second-order valence-electron chi connectivity index (χ2n) is 3.77. The van der Waals surface area contributed by atoms with Crippen molar-refractivity contribution in [1.29, 1.82) is 0 Å². The molecule has 0 amide bonds. The van der Waals surface area contributed by atoms with E-state index in [1.165, 1.54) is 0 Å². The van der Waals surface area contributed by atoms with Crippen LogP contribution >= 0.6 is 11.3 Å². The van der Waals surface area contributed by atoms with Gasteiger partial charge in [0, 0.05) is 13.1 Å². The van der Waals surface area contributed by atoms with Gasteiger partial charge in [-0.2, -0.15) is 0 Å². The lowest BCUT2D eigenvalue weighted by Gasteiger charge is -2.17. The quantitative estimate of drug-likeness (QED) is 0.727. The van der Waals surface area contributed by atoms with Crippen LogP contribution in [0, 0.1) is 6.92 Å². The molecule has 1 aromatic heterocycles. The largest absolute Gasteiger partial charge is 0.388 e. The van der Waals surface area contributed by atoms with Crippen LogP contribution in [-0.2, 0) is 0 Å². The van der Waals surface area contributed by atoms with Crippen molar-refractivity contribution in [2.75, 3.05) is 18.0 Å². The molecular weight excluding hydrogens is 186 g/mol. The van der Waals surface area contributed by atoms with Crippen LogP contribution in [0.15, 0.2) is 0 Å².